The van der Waals surface area contributed by atoms with Gasteiger partial charge in [0, 0.05) is 12.6 Å². The lowest BCUT2D eigenvalue weighted by molar-refractivity contribution is -0.139. The molecule has 0 spiro atoms. The van der Waals surface area contributed by atoms with Crippen molar-refractivity contribution in [2.75, 3.05) is 6.54 Å². The van der Waals surface area contributed by atoms with Gasteiger partial charge in [0.25, 0.3) is 0 Å². The summed E-state index contributed by atoms with van der Waals surface area (Å²) in [6, 6.07) is 0.390. The minimum absolute atomic E-state index is 0.100. The Hall–Kier alpha value is -2.03. The second-order valence-electron chi connectivity index (χ2n) is 4.06. The standard InChI is InChI=1S/C12H19N3O3/c1-4-6-10(11(16)17)14-12(18)15(9(2)3)8-5-7-13/h4,9-10H,1,5-6,8H2,2-3H3,(H,14,18)(H,16,17). The molecule has 1 unspecified atom stereocenters. The highest BCUT2D eigenvalue weighted by Crippen LogP contribution is 2.02. The van der Waals surface area contributed by atoms with Crippen LogP contribution in [0.4, 0.5) is 4.79 Å². The van der Waals surface area contributed by atoms with Crippen molar-refractivity contribution in [1.29, 1.82) is 5.26 Å². The van der Waals surface area contributed by atoms with E-state index < -0.39 is 18.0 Å². The molecule has 0 saturated heterocycles. The van der Waals surface area contributed by atoms with E-state index in [1.807, 2.05) is 6.07 Å². The van der Waals surface area contributed by atoms with Crippen LogP contribution in [-0.4, -0.2) is 40.6 Å². The van der Waals surface area contributed by atoms with Crippen LogP contribution in [0.25, 0.3) is 0 Å². The van der Waals surface area contributed by atoms with Crippen molar-refractivity contribution in [3.05, 3.63) is 12.7 Å². The number of nitriles is 1. The fraction of sp³-hybridized carbons (Fsp3) is 0.583. The van der Waals surface area contributed by atoms with Crippen LogP contribution in [0.15, 0.2) is 12.7 Å². The fourth-order valence-corrected chi connectivity index (χ4v) is 1.38. The van der Waals surface area contributed by atoms with Crippen molar-refractivity contribution in [3.8, 4) is 6.07 Å². The Bertz CT molecular complexity index is 347. The second kappa shape index (κ2) is 8.12. The molecule has 0 aromatic heterocycles. The Morgan fingerprint density at radius 2 is 2.17 bits per heavy atom. The summed E-state index contributed by atoms with van der Waals surface area (Å²) in [5, 5.41) is 19.8. The van der Waals surface area contributed by atoms with Gasteiger partial charge in [0.05, 0.1) is 12.5 Å². The Labute approximate surface area is 107 Å². The molecule has 18 heavy (non-hydrogen) atoms. The summed E-state index contributed by atoms with van der Waals surface area (Å²) >= 11 is 0. The Balaban J connectivity index is 4.61. The highest BCUT2D eigenvalue weighted by atomic mass is 16.4. The van der Waals surface area contributed by atoms with Crippen LogP contribution in [0.1, 0.15) is 26.7 Å². The predicted molar refractivity (Wildman–Crippen MR) is 66.8 cm³/mol. The predicted octanol–water partition coefficient (Wildman–Crippen LogP) is 1.35. The molecular weight excluding hydrogens is 234 g/mol. The molecule has 1 atom stereocenters. The molecule has 0 aromatic rings. The van der Waals surface area contributed by atoms with E-state index in [0.29, 0.717) is 0 Å². The van der Waals surface area contributed by atoms with Gasteiger partial charge >= 0.3 is 12.0 Å². The average Bonchev–Trinajstić information content (AvgIpc) is 2.28. The summed E-state index contributed by atoms with van der Waals surface area (Å²) in [6.45, 7) is 7.34. The first-order valence-corrected chi connectivity index (χ1v) is 5.71. The Morgan fingerprint density at radius 3 is 2.56 bits per heavy atom. The van der Waals surface area contributed by atoms with Gasteiger partial charge in [0.1, 0.15) is 6.04 Å². The van der Waals surface area contributed by atoms with Gasteiger partial charge in [0.15, 0.2) is 0 Å². The van der Waals surface area contributed by atoms with Gasteiger partial charge in [0.2, 0.25) is 0 Å². The molecule has 6 nitrogen and oxygen atoms in total. The average molecular weight is 253 g/mol. The number of rotatable bonds is 7. The van der Waals surface area contributed by atoms with Gasteiger partial charge in [-0.05, 0) is 20.3 Å². The molecule has 0 heterocycles. The van der Waals surface area contributed by atoms with Crippen LogP contribution in [0.2, 0.25) is 0 Å². The third kappa shape index (κ3) is 5.34. The number of amides is 2. The molecule has 2 N–H and O–H groups in total. The lowest BCUT2D eigenvalue weighted by Crippen LogP contribution is -2.50. The van der Waals surface area contributed by atoms with Crippen molar-refractivity contribution in [2.24, 2.45) is 0 Å². The first-order valence-electron chi connectivity index (χ1n) is 5.71. The highest BCUT2D eigenvalue weighted by molar-refractivity contribution is 5.82. The molecule has 6 heteroatoms. The van der Waals surface area contributed by atoms with E-state index in [0.717, 1.165) is 0 Å². The summed E-state index contributed by atoms with van der Waals surface area (Å²) in [4.78, 5) is 24.2. The van der Waals surface area contributed by atoms with E-state index in [-0.39, 0.29) is 25.4 Å². The van der Waals surface area contributed by atoms with Crippen molar-refractivity contribution in [1.82, 2.24) is 10.2 Å². The number of hydrogen-bond acceptors (Lipinski definition) is 3. The molecule has 0 bridgehead atoms. The maximum atomic E-state index is 11.9. The SMILES string of the molecule is C=CCC(NC(=O)N(CCC#N)C(C)C)C(=O)O. The highest BCUT2D eigenvalue weighted by Gasteiger charge is 2.23. The molecule has 0 aliphatic heterocycles. The maximum absolute atomic E-state index is 11.9. The smallest absolute Gasteiger partial charge is 0.326 e. The van der Waals surface area contributed by atoms with E-state index in [2.05, 4.69) is 11.9 Å². The maximum Gasteiger partial charge on any atom is 0.326 e. The van der Waals surface area contributed by atoms with Gasteiger partial charge in [-0.1, -0.05) is 6.08 Å². The zero-order chi connectivity index (χ0) is 14.1. The molecular formula is C12H19N3O3. The van der Waals surface area contributed by atoms with E-state index in [4.69, 9.17) is 10.4 Å². The monoisotopic (exact) mass is 253 g/mol. The topological polar surface area (TPSA) is 93.4 Å². The van der Waals surface area contributed by atoms with Gasteiger partial charge in [-0.15, -0.1) is 6.58 Å². The number of carbonyl (C=O) groups excluding carboxylic acids is 1. The molecule has 0 radical (unpaired) electrons. The lowest BCUT2D eigenvalue weighted by atomic mass is 10.2. The van der Waals surface area contributed by atoms with Crippen LogP contribution in [0.3, 0.4) is 0 Å². The minimum Gasteiger partial charge on any atom is -0.480 e. The number of urea groups is 1. The van der Waals surface area contributed by atoms with Crippen LogP contribution in [-0.2, 0) is 4.79 Å². The number of carboxylic acids is 1. The molecule has 0 fully saturated rings. The number of hydrogen-bond donors (Lipinski definition) is 2. The molecule has 0 rings (SSSR count). The Kier molecular flexibility index (Phi) is 7.20. The molecule has 2 amide bonds. The minimum atomic E-state index is -1.10. The molecule has 0 aliphatic carbocycles. The van der Waals surface area contributed by atoms with Crippen molar-refractivity contribution in [2.45, 2.75) is 38.8 Å². The number of carboxylic acid groups (broad SMARTS) is 1. The number of aliphatic carboxylic acids is 1. The van der Waals surface area contributed by atoms with Crippen LogP contribution < -0.4 is 5.32 Å². The zero-order valence-electron chi connectivity index (χ0n) is 10.7. The summed E-state index contributed by atoms with van der Waals surface area (Å²) in [7, 11) is 0. The molecule has 0 aromatic carbocycles. The number of nitrogens with zero attached hydrogens (tertiary/aromatic N) is 2. The van der Waals surface area contributed by atoms with E-state index in [9.17, 15) is 9.59 Å². The van der Waals surface area contributed by atoms with Gasteiger partial charge in [-0.3, -0.25) is 0 Å². The normalized spacial score (nSPS) is 11.4. The summed E-state index contributed by atoms with van der Waals surface area (Å²) in [5.41, 5.74) is 0. The van der Waals surface area contributed by atoms with Crippen LogP contribution >= 0.6 is 0 Å². The second-order valence-corrected chi connectivity index (χ2v) is 4.06. The third-order valence-corrected chi connectivity index (χ3v) is 2.35. The largest absolute Gasteiger partial charge is 0.480 e. The Morgan fingerprint density at radius 1 is 1.56 bits per heavy atom. The van der Waals surface area contributed by atoms with E-state index in [1.54, 1.807) is 13.8 Å². The van der Waals surface area contributed by atoms with Crippen molar-refractivity contribution in [3.63, 3.8) is 0 Å². The van der Waals surface area contributed by atoms with Gasteiger partial charge in [-0.25, -0.2) is 9.59 Å². The molecule has 100 valence electrons. The van der Waals surface area contributed by atoms with Crippen LogP contribution in [0, 0.1) is 11.3 Å². The third-order valence-electron chi connectivity index (χ3n) is 2.35. The van der Waals surface area contributed by atoms with Crippen LogP contribution in [0.5, 0.6) is 0 Å². The van der Waals surface area contributed by atoms with Crippen molar-refractivity contribution < 1.29 is 14.7 Å². The van der Waals surface area contributed by atoms with Gasteiger partial charge < -0.3 is 15.3 Å². The first-order chi connectivity index (χ1) is 8.43. The zero-order valence-corrected chi connectivity index (χ0v) is 10.7. The molecule has 0 aliphatic rings. The fourth-order valence-electron chi connectivity index (χ4n) is 1.38. The number of carbonyl (C=O) groups is 2. The van der Waals surface area contributed by atoms with Gasteiger partial charge in [-0.2, -0.15) is 5.26 Å². The first kappa shape index (κ1) is 16.0. The summed E-state index contributed by atoms with van der Waals surface area (Å²) in [6.07, 6.45) is 1.81. The lowest BCUT2D eigenvalue weighted by Gasteiger charge is -2.27. The summed E-state index contributed by atoms with van der Waals surface area (Å²) < 4.78 is 0. The van der Waals surface area contributed by atoms with E-state index in [1.165, 1.54) is 11.0 Å². The van der Waals surface area contributed by atoms with E-state index >= 15 is 0 Å². The number of nitrogens with one attached hydrogen (secondary N) is 1. The van der Waals surface area contributed by atoms with Crippen molar-refractivity contribution >= 4 is 12.0 Å². The quantitative estimate of drug-likeness (QED) is 0.670. The molecule has 0 saturated carbocycles. The summed E-state index contributed by atoms with van der Waals surface area (Å²) in [5.74, 6) is -1.10.